The first-order valence-electron chi connectivity index (χ1n) is 5.22. The summed E-state index contributed by atoms with van der Waals surface area (Å²) >= 11 is 0. The molecule has 0 fully saturated rings. The Labute approximate surface area is 98.6 Å². The van der Waals surface area contributed by atoms with E-state index in [0.717, 1.165) is 6.07 Å². The number of nitrogens with zero attached hydrogens (tertiary/aromatic N) is 1. The van der Waals surface area contributed by atoms with Gasteiger partial charge in [0.2, 0.25) is 0 Å². The molecule has 0 bridgehead atoms. The van der Waals surface area contributed by atoms with Gasteiger partial charge in [-0.1, -0.05) is 19.9 Å². The lowest BCUT2D eigenvalue weighted by molar-refractivity contribution is 0.103. The fraction of sp³-hybridized carbons (Fsp3) is 0.333. The summed E-state index contributed by atoms with van der Waals surface area (Å²) < 4.78 is 0.343. The number of aromatic nitrogens is 1. The van der Waals surface area contributed by atoms with E-state index in [1.807, 2.05) is 13.8 Å². The Kier molecular flexibility index (Phi) is 3.73. The van der Waals surface area contributed by atoms with Crippen molar-refractivity contribution in [3.8, 4) is 5.75 Å². The summed E-state index contributed by atoms with van der Waals surface area (Å²) in [5, 5.41) is 18.9. The van der Waals surface area contributed by atoms with Gasteiger partial charge in [-0.2, -0.15) is 4.73 Å². The summed E-state index contributed by atoms with van der Waals surface area (Å²) in [7, 11) is 0. The van der Waals surface area contributed by atoms with E-state index in [4.69, 9.17) is 0 Å². The molecule has 0 radical (unpaired) electrons. The van der Waals surface area contributed by atoms with Crippen LogP contribution in [0.15, 0.2) is 23.0 Å². The molecule has 0 aliphatic carbocycles. The molecule has 0 saturated heterocycles. The molecule has 0 unspecified atom stereocenters. The summed E-state index contributed by atoms with van der Waals surface area (Å²) in [4.78, 5) is 23.3. The highest BCUT2D eigenvalue weighted by Crippen LogP contribution is 2.15. The van der Waals surface area contributed by atoms with Crippen molar-refractivity contribution >= 4 is 5.78 Å². The maximum absolute atomic E-state index is 11.7. The zero-order valence-corrected chi connectivity index (χ0v) is 9.97. The van der Waals surface area contributed by atoms with E-state index in [1.165, 1.54) is 13.0 Å². The minimum atomic E-state index is -0.916. The first kappa shape index (κ1) is 13.0. The number of carbonyl (C=O) groups is 1. The molecule has 0 spiro atoms. The number of carbonyl (C=O) groups excluding carboxylic acids is 1. The topological polar surface area (TPSA) is 79.5 Å². The average molecular weight is 237 g/mol. The number of allylic oxidation sites excluding steroid dienone is 2. The molecular formula is C12H15NO4. The zero-order chi connectivity index (χ0) is 13.2. The molecule has 0 atom stereocenters. The molecule has 0 aliphatic rings. The van der Waals surface area contributed by atoms with Gasteiger partial charge in [0.25, 0.3) is 5.56 Å². The number of aromatic hydroxyl groups is 1. The van der Waals surface area contributed by atoms with E-state index >= 15 is 0 Å². The van der Waals surface area contributed by atoms with E-state index in [1.54, 1.807) is 6.08 Å². The first-order chi connectivity index (χ1) is 7.84. The fourth-order valence-corrected chi connectivity index (χ4v) is 1.30. The number of aryl methyl sites for hydroxylation is 1. The summed E-state index contributed by atoms with van der Waals surface area (Å²) in [5.74, 6) is -0.886. The van der Waals surface area contributed by atoms with Crippen molar-refractivity contribution in [2.45, 2.75) is 20.8 Å². The van der Waals surface area contributed by atoms with Gasteiger partial charge in [0, 0.05) is 6.07 Å². The predicted octanol–water partition coefficient (Wildman–Crippen LogP) is 1.49. The van der Waals surface area contributed by atoms with Gasteiger partial charge in [0.15, 0.2) is 5.78 Å². The van der Waals surface area contributed by atoms with Gasteiger partial charge in [0.1, 0.15) is 11.3 Å². The van der Waals surface area contributed by atoms with Crippen molar-refractivity contribution in [1.82, 2.24) is 4.73 Å². The monoisotopic (exact) mass is 237 g/mol. The molecule has 1 aromatic heterocycles. The van der Waals surface area contributed by atoms with Crippen LogP contribution in [0.5, 0.6) is 5.75 Å². The molecule has 0 amide bonds. The van der Waals surface area contributed by atoms with Gasteiger partial charge in [0.05, 0.1) is 5.69 Å². The standard InChI is InChI=1S/C12H15NO4/c1-7(2)4-5-9(14)11-10(15)6-8(3)13(17)12(11)16/h4-7,15,17H,1-3H3/b5-4+. The number of pyridine rings is 1. The predicted molar refractivity (Wildman–Crippen MR) is 62.6 cm³/mol. The van der Waals surface area contributed by atoms with Gasteiger partial charge < -0.3 is 10.3 Å². The van der Waals surface area contributed by atoms with E-state index < -0.39 is 22.7 Å². The second-order valence-corrected chi connectivity index (χ2v) is 4.13. The molecular weight excluding hydrogens is 222 g/mol. The zero-order valence-electron chi connectivity index (χ0n) is 9.97. The quantitative estimate of drug-likeness (QED) is 0.474. The highest BCUT2D eigenvalue weighted by Gasteiger charge is 2.17. The van der Waals surface area contributed by atoms with Crippen LogP contribution in [0.25, 0.3) is 0 Å². The Balaban J connectivity index is 3.29. The maximum atomic E-state index is 11.7. The fourth-order valence-electron chi connectivity index (χ4n) is 1.30. The molecule has 92 valence electrons. The number of hydrogen-bond donors (Lipinski definition) is 2. The third-order valence-electron chi connectivity index (χ3n) is 2.22. The van der Waals surface area contributed by atoms with Crippen molar-refractivity contribution in [1.29, 1.82) is 0 Å². The van der Waals surface area contributed by atoms with Gasteiger partial charge in [-0.25, -0.2) is 0 Å². The highest BCUT2D eigenvalue weighted by molar-refractivity contribution is 6.06. The molecule has 17 heavy (non-hydrogen) atoms. The lowest BCUT2D eigenvalue weighted by Crippen LogP contribution is -2.26. The molecule has 0 aliphatic heterocycles. The Morgan fingerprint density at radius 2 is 2.06 bits per heavy atom. The lowest BCUT2D eigenvalue weighted by atomic mass is 10.1. The second-order valence-electron chi connectivity index (χ2n) is 4.13. The molecule has 1 rings (SSSR count). The minimum Gasteiger partial charge on any atom is -0.507 e. The number of rotatable bonds is 3. The van der Waals surface area contributed by atoms with Crippen LogP contribution in [0.3, 0.4) is 0 Å². The smallest absolute Gasteiger partial charge is 0.298 e. The normalized spacial score (nSPS) is 11.3. The third kappa shape index (κ3) is 2.75. The molecule has 5 nitrogen and oxygen atoms in total. The van der Waals surface area contributed by atoms with Crippen LogP contribution in [-0.2, 0) is 0 Å². The largest absolute Gasteiger partial charge is 0.507 e. The summed E-state index contributed by atoms with van der Waals surface area (Å²) in [6, 6.07) is 1.16. The molecule has 2 N–H and O–H groups in total. The Bertz CT molecular complexity index is 526. The lowest BCUT2D eigenvalue weighted by Gasteiger charge is -2.05. The molecule has 1 heterocycles. The SMILES string of the molecule is Cc1cc(O)c(C(=O)/C=C/C(C)C)c(=O)n1O. The van der Waals surface area contributed by atoms with Gasteiger partial charge >= 0.3 is 0 Å². The number of hydrogen-bond acceptors (Lipinski definition) is 4. The Morgan fingerprint density at radius 3 is 2.59 bits per heavy atom. The van der Waals surface area contributed by atoms with Crippen LogP contribution < -0.4 is 5.56 Å². The van der Waals surface area contributed by atoms with Crippen molar-refractivity contribution in [3.63, 3.8) is 0 Å². The molecule has 5 heteroatoms. The van der Waals surface area contributed by atoms with E-state index in [0.29, 0.717) is 4.73 Å². The maximum Gasteiger partial charge on any atom is 0.298 e. The highest BCUT2D eigenvalue weighted by atomic mass is 16.5. The summed E-state index contributed by atoms with van der Waals surface area (Å²) in [6.45, 7) is 5.20. The first-order valence-corrected chi connectivity index (χ1v) is 5.22. The van der Waals surface area contributed by atoms with E-state index in [2.05, 4.69) is 0 Å². The van der Waals surface area contributed by atoms with Gasteiger partial charge in [-0.15, -0.1) is 0 Å². The third-order valence-corrected chi connectivity index (χ3v) is 2.22. The van der Waals surface area contributed by atoms with Gasteiger partial charge in [-0.3, -0.25) is 9.59 Å². The minimum absolute atomic E-state index is 0.155. The molecule has 0 aromatic carbocycles. The van der Waals surface area contributed by atoms with Crippen LogP contribution in [0.4, 0.5) is 0 Å². The van der Waals surface area contributed by atoms with Crippen LogP contribution in [0, 0.1) is 12.8 Å². The van der Waals surface area contributed by atoms with Crippen molar-refractivity contribution in [3.05, 3.63) is 39.8 Å². The van der Waals surface area contributed by atoms with Crippen molar-refractivity contribution in [2.75, 3.05) is 0 Å². The second kappa shape index (κ2) is 4.86. The molecule has 1 aromatic rings. The Hall–Kier alpha value is -2.04. The van der Waals surface area contributed by atoms with Crippen LogP contribution in [0.2, 0.25) is 0 Å². The average Bonchev–Trinajstić information content (AvgIpc) is 2.23. The summed E-state index contributed by atoms with van der Waals surface area (Å²) in [6.07, 6.45) is 2.83. The van der Waals surface area contributed by atoms with Crippen molar-refractivity contribution < 1.29 is 15.1 Å². The van der Waals surface area contributed by atoms with E-state index in [-0.39, 0.29) is 11.6 Å². The van der Waals surface area contributed by atoms with Crippen LogP contribution in [-0.4, -0.2) is 20.8 Å². The van der Waals surface area contributed by atoms with Crippen LogP contribution >= 0.6 is 0 Å². The van der Waals surface area contributed by atoms with Crippen molar-refractivity contribution in [2.24, 2.45) is 5.92 Å². The van der Waals surface area contributed by atoms with Crippen LogP contribution in [0.1, 0.15) is 29.9 Å². The van der Waals surface area contributed by atoms with Gasteiger partial charge in [-0.05, 0) is 18.9 Å². The molecule has 0 saturated carbocycles. The van der Waals surface area contributed by atoms with E-state index in [9.17, 15) is 19.9 Å². The Morgan fingerprint density at radius 1 is 1.47 bits per heavy atom. The summed E-state index contributed by atoms with van der Waals surface area (Å²) in [5.41, 5.74) is -1.17. The number of ketones is 1.